The minimum Gasteiger partial charge on any atom is -0.317 e. The van der Waals surface area contributed by atoms with Crippen LogP contribution in [-0.2, 0) is 4.79 Å². The van der Waals surface area contributed by atoms with Gasteiger partial charge in [-0.3, -0.25) is 14.5 Å². The first-order valence-corrected chi connectivity index (χ1v) is 7.92. The van der Waals surface area contributed by atoms with E-state index in [9.17, 15) is 9.59 Å². The van der Waals surface area contributed by atoms with Crippen LogP contribution in [0.15, 0.2) is 47.5 Å². The molecule has 0 bridgehead atoms. The molecule has 1 saturated heterocycles. The molecule has 1 aliphatic rings. The first kappa shape index (κ1) is 14.7. The Morgan fingerprint density at radius 1 is 1.14 bits per heavy atom. The standard InChI is InChI=1S/C17H16N2O2S/c1-3-18-16(20)15(22-17(18)21)11-13-8-6-10-19(13)14-9-5-4-7-12(14)2/h4-11H,3H2,1-2H3/b15-11+. The van der Waals surface area contributed by atoms with Gasteiger partial charge in [0.15, 0.2) is 0 Å². The molecule has 1 aliphatic heterocycles. The summed E-state index contributed by atoms with van der Waals surface area (Å²) in [5.41, 5.74) is 3.10. The Bertz CT molecular complexity index is 776. The Kier molecular flexibility index (Phi) is 3.90. The Hall–Kier alpha value is -2.27. The van der Waals surface area contributed by atoms with Gasteiger partial charge in [0.05, 0.1) is 4.91 Å². The summed E-state index contributed by atoms with van der Waals surface area (Å²) in [5.74, 6) is -0.213. The predicted octanol–water partition coefficient (Wildman–Crippen LogP) is 3.84. The van der Waals surface area contributed by atoms with Crippen molar-refractivity contribution >= 4 is 29.0 Å². The molecule has 0 N–H and O–H groups in total. The molecule has 0 spiro atoms. The third-order valence-corrected chi connectivity index (χ3v) is 4.53. The van der Waals surface area contributed by atoms with Crippen LogP contribution in [-0.4, -0.2) is 27.2 Å². The van der Waals surface area contributed by atoms with Gasteiger partial charge in [-0.1, -0.05) is 18.2 Å². The molecule has 1 fully saturated rings. The molecular weight excluding hydrogens is 296 g/mol. The average molecular weight is 312 g/mol. The highest BCUT2D eigenvalue weighted by Gasteiger charge is 2.33. The van der Waals surface area contributed by atoms with Gasteiger partial charge in [-0.05, 0) is 55.4 Å². The van der Waals surface area contributed by atoms with Crippen LogP contribution >= 0.6 is 11.8 Å². The molecule has 0 aliphatic carbocycles. The number of imide groups is 1. The van der Waals surface area contributed by atoms with E-state index in [1.165, 1.54) is 4.90 Å². The number of rotatable bonds is 3. The van der Waals surface area contributed by atoms with Crippen molar-refractivity contribution in [1.29, 1.82) is 0 Å². The maximum atomic E-state index is 12.2. The Balaban J connectivity index is 2.01. The summed E-state index contributed by atoms with van der Waals surface area (Å²) in [6.45, 7) is 4.25. The van der Waals surface area contributed by atoms with Crippen molar-refractivity contribution in [3.63, 3.8) is 0 Å². The fraction of sp³-hybridized carbons (Fsp3) is 0.176. The van der Waals surface area contributed by atoms with Gasteiger partial charge in [0.2, 0.25) is 0 Å². The molecule has 5 heteroatoms. The second kappa shape index (κ2) is 5.85. The first-order chi connectivity index (χ1) is 10.6. The number of thioether (sulfide) groups is 1. The number of carbonyl (C=O) groups excluding carboxylic acids is 2. The SMILES string of the molecule is CCN1C(=O)S/C(=C/c2cccn2-c2ccccc2C)C1=O. The number of hydrogen-bond donors (Lipinski definition) is 0. The van der Waals surface area contributed by atoms with Crippen LogP contribution in [0.4, 0.5) is 4.79 Å². The van der Waals surface area contributed by atoms with Crippen LogP contribution in [0.1, 0.15) is 18.2 Å². The van der Waals surface area contributed by atoms with E-state index < -0.39 is 0 Å². The molecule has 2 amide bonds. The van der Waals surface area contributed by atoms with Crippen LogP contribution in [0.5, 0.6) is 0 Å². The van der Waals surface area contributed by atoms with E-state index in [0.717, 1.165) is 28.7 Å². The lowest BCUT2D eigenvalue weighted by Crippen LogP contribution is -2.27. The lowest BCUT2D eigenvalue weighted by atomic mass is 10.2. The smallest absolute Gasteiger partial charge is 0.293 e. The molecule has 0 radical (unpaired) electrons. The van der Waals surface area contributed by atoms with Crippen molar-refractivity contribution in [3.05, 3.63) is 58.8 Å². The highest BCUT2D eigenvalue weighted by atomic mass is 32.2. The van der Waals surface area contributed by atoms with E-state index in [2.05, 4.69) is 0 Å². The first-order valence-electron chi connectivity index (χ1n) is 7.10. The summed E-state index contributed by atoms with van der Waals surface area (Å²) in [6, 6.07) is 11.9. The lowest BCUT2D eigenvalue weighted by Gasteiger charge is -2.10. The Morgan fingerprint density at radius 2 is 1.91 bits per heavy atom. The summed E-state index contributed by atoms with van der Waals surface area (Å²) in [6.07, 6.45) is 3.74. The largest absolute Gasteiger partial charge is 0.317 e. The van der Waals surface area contributed by atoms with Gasteiger partial charge in [0.1, 0.15) is 0 Å². The zero-order valence-corrected chi connectivity index (χ0v) is 13.3. The van der Waals surface area contributed by atoms with Crippen LogP contribution < -0.4 is 0 Å². The van der Waals surface area contributed by atoms with Crippen LogP contribution in [0.2, 0.25) is 0 Å². The molecule has 22 heavy (non-hydrogen) atoms. The van der Waals surface area contributed by atoms with E-state index in [-0.39, 0.29) is 11.1 Å². The molecule has 0 saturated carbocycles. The number of likely N-dealkylation sites (N-methyl/N-ethyl adjacent to an activating group) is 1. The fourth-order valence-corrected chi connectivity index (χ4v) is 3.36. The summed E-state index contributed by atoms with van der Waals surface area (Å²) in [4.78, 5) is 25.7. The zero-order valence-electron chi connectivity index (χ0n) is 12.4. The number of carbonyl (C=O) groups is 2. The number of benzene rings is 1. The number of amides is 2. The van der Waals surface area contributed by atoms with E-state index >= 15 is 0 Å². The molecule has 3 rings (SSSR count). The third kappa shape index (κ3) is 2.48. The minimum atomic E-state index is -0.213. The number of hydrogen-bond acceptors (Lipinski definition) is 3. The van der Waals surface area contributed by atoms with Gasteiger partial charge in [-0.15, -0.1) is 0 Å². The van der Waals surface area contributed by atoms with E-state index in [0.29, 0.717) is 11.4 Å². The number of nitrogens with zero attached hydrogens (tertiary/aromatic N) is 2. The van der Waals surface area contributed by atoms with Gasteiger partial charge in [-0.2, -0.15) is 0 Å². The van der Waals surface area contributed by atoms with E-state index in [4.69, 9.17) is 0 Å². The van der Waals surface area contributed by atoms with Gasteiger partial charge < -0.3 is 4.57 Å². The molecule has 4 nitrogen and oxygen atoms in total. The normalized spacial score (nSPS) is 16.8. The highest BCUT2D eigenvalue weighted by molar-refractivity contribution is 8.18. The molecule has 2 heterocycles. The van der Waals surface area contributed by atoms with Crippen LogP contribution in [0, 0.1) is 6.92 Å². The summed E-state index contributed by atoms with van der Waals surface area (Å²) >= 11 is 0.998. The maximum Gasteiger partial charge on any atom is 0.293 e. The summed E-state index contributed by atoms with van der Waals surface area (Å²) < 4.78 is 2.02. The van der Waals surface area contributed by atoms with Gasteiger partial charge >= 0.3 is 0 Å². The molecular formula is C17H16N2O2S. The van der Waals surface area contributed by atoms with Crippen LogP contribution in [0.3, 0.4) is 0 Å². The number of aryl methyl sites for hydroxylation is 1. The van der Waals surface area contributed by atoms with Gasteiger partial charge in [0, 0.05) is 24.1 Å². The Morgan fingerprint density at radius 3 is 2.59 bits per heavy atom. The summed E-state index contributed by atoms with van der Waals surface area (Å²) in [7, 11) is 0. The zero-order chi connectivity index (χ0) is 15.7. The topological polar surface area (TPSA) is 42.3 Å². The van der Waals surface area contributed by atoms with Crippen LogP contribution in [0.25, 0.3) is 11.8 Å². The molecule has 2 aromatic rings. The number of aromatic nitrogens is 1. The average Bonchev–Trinajstić information content (AvgIpc) is 3.05. The second-order valence-electron chi connectivity index (χ2n) is 5.02. The van der Waals surface area contributed by atoms with Crippen molar-refractivity contribution in [2.24, 2.45) is 0 Å². The molecule has 0 atom stereocenters. The van der Waals surface area contributed by atoms with Crippen molar-refractivity contribution in [2.75, 3.05) is 6.54 Å². The van der Waals surface area contributed by atoms with Crippen molar-refractivity contribution in [3.8, 4) is 5.69 Å². The Labute approximate surface area is 133 Å². The molecule has 0 unspecified atom stereocenters. The van der Waals surface area contributed by atoms with Gasteiger partial charge in [0.25, 0.3) is 11.1 Å². The van der Waals surface area contributed by atoms with Crippen molar-refractivity contribution in [1.82, 2.24) is 9.47 Å². The summed E-state index contributed by atoms with van der Waals surface area (Å²) in [5, 5.41) is -0.201. The predicted molar refractivity (Wildman–Crippen MR) is 88.9 cm³/mol. The lowest BCUT2D eigenvalue weighted by molar-refractivity contribution is -0.122. The monoisotopic (exact) mass is 312 g/mol. The number of para-hydroxylation sites is 1. The minimum absolute atomic E-state index is 0.201. The molecule has 112 valence electrons. The molecule has 1 aromatic heterocycles. The highest BCUT2D eigenvalue weighted by Crippen LogP contribution is 2.32. The quantitative estimate of drug-likeness (QED) is 0.809. The van der Waals surface area contributed by atoms with E-state index in [1.54, 1.807) is 13.0 Å². The fourth-order valence-electron chi connectivity index (χ4n) is 2.47. The third-order valence-electron chi connectivity index (χ3n) is 3.62. The van der Waals surface area contributed by atoms with Crippen molar-refractivity contribution in [2.45, 2.75) is 13.8 Å². The van der Waals surface area contributed by atoms with Gasteiger partial charge in [-0.25, -0.2) is 0 Å². The second-order valence-corrected chi connectivity index (χ2v) is 6.01. The van der Waals surface area contributed by atoms with Crippen molar-refractivity contribution < 1.29 is 9.59 Å². The maximum absolute atomic E-state index is 12.2. The van der Waals surface area contributed by atoms with E-state index in [1.807, 2.05) is 54.1 Å². The molecule has 1 aromatic carbocycles.